The lowest BCUT2D eigenvalue weighted by Crippen LogP contribution is -2.37. The molecule has 0 spiro atoms. The van der Waals surface area contributed by atoms with Gasteiger partial charge in [-0.05, 0) is 44.9 Å². The third-order valence-electron chi connectivity index (χ3n) is 3.02. The smallest absolute Gasteiger partial charge is 0.233 e. The monoisotopic (exact) mass is 281 g/mol. The molecule has 0 heterocycles. The van der Waals surface area contributed by atoms with Crippen LogP contribution in [0.1, 0.15) is 45.8 Å². The number of amides is 1. The molecule has 0 radical (unpaired) electrons. The SMILES string of the molecule is CCC(C)NC(=O)C(C)Sc1cccc(C(C)O)c1. The number of benzene rings is 1. The molecule has 1 amide bonds. The van der Waals surface area contributed by atoms with Crippen molar-refractivity contribution in [2.24, 2.45) is 0 Å². The number of carbonyl (C=O) groups is 1. The van der Waals surface area contributed by atoms with Gasteiger partial charge in [0.15, 0.2) is 0 Å². The molecule has 1 aromatic rings. The highest BCUT2D eigenvalue weighted by Crippen LogP contribution is 2.26. The third kappa shape index (κ3) is 5.25. The van der Waals surface area contributed by atoms with Crippen molar-refractivity contribution in [3.8, 4) is 0 Å². The number of aliphatic hydroxyl groups excluding tert-OH is 1. The van der Waals surface area contributed by atoms with Crippen LogP contribution in [0.5, 0.6) is 0 Å². The van der Waals surface area contributed by atoms with Gasteiger partial charge in [-0.15, -0.1) is 11.8 Å². The molecule has 3 unspecified atom stereocenters. The van der Waals surface area contributed by atoms with E-state index in [2.05, 4.69) is 12.2 Å². The summed E-state index contributed by atoms with van der Waals surface area (Å²) in [7, 11) is 0. The van der Waals surface area contributed by atoms with E-state index in [4.69, 9.17) is 0 Å². The van der Waals surface area contributed by atoms with E-state index in [1.165, 1.54) is 11.8 Å². The van der Waals surface area contributed by atoms with Gasteiger partial charge in [0.2, 0.25) is 5.91 Å². The Kier molecular flexibility index (Phi) is 6.38. The summed E-state index contributed by atoms with van der Waals surface area (Å²) in [6, 6.07) is 7.90. The van der Waals surface area contributed by atoms with Gasteiger partial charge in [0, 0.05) is 10.9 Å². The average molecular weight is 281 g/mol. The Labute approximate surface area is 119 Å². The molecular formula is C15H23NO2S. The molecule has 19 heavy (non-hydrogen) atoms. The maximum absolute atomic E-state index is 12.0. The second-order valence-electron chi connectivity index (χ2n) is 4.83. The lowest BCUT2D eigenvalue weighted by molar-refractivity contribution is -0.120. The molecule has 0 aliphatic rings. The van der Waals surface area contributed by atoms with Crippen molar-refractivity contribution in [1.82, 2.24) is 5.32 Å². The van der Waals surface area contributed by atoms with E-state index >= 15 is 0 Å². The molecule has 2 N–H and O–H groups in total. The molecule has 4 heteroatoms. The van der Waals surface area contributed by atoms with Crippen molar-refractivity contribution >= 4 is 17.7 Å². The van der Waals surface area contributed by atoms with Crippen molar-refractivity contribution in [3.63, 3.8) is 0 Å². The first-order valence-corrected chi connectivity index (χ1v) is 7.57. The molecule has 0 saturated carbocycles. The predicted molar refractivity (Wildman–Crippen MR) is 80.3 cm³/mol. The van der Waals surface area contributed by atoms with Gasteiger partial charge in [-0.1, -0.05) is 19.1 Å². The first-order chi connectivity index (χ1) is 8.93. The molecule has 3 atom stereocenters. The zero-order valence-electron chi connectivity index (χ0n) is 12.0. The van der Waals surface area contributed by atoms with Gasteiger partial charge in [-0.2, -0.15) is 0 Å². The second-order valence-corrected chi connectivity index (χ2v) is 6.24. The Balaban J connectivity index is 2.63. The quantitative estimate of drug-likeness (QED) is 0.788. The fourth-order valence-corrected chi connectivity index (χ4v) is 2.51. The van der Waals surface area contributed by atoms with Crippen LogP contribution in [0.25, 0.3) is 0 Å². The van der Waals surface area contributed by atoms with Crippen LogP contribution in [0.15, 0.2) is 29.2 Å². The van der Waals surface area contributed by atoms with Crippen LogP contribution in [0, 0.1) is 0 Å². The number of nitrogens with one attached hydrogen (secondary N) is 1. The van der Waals surface area contributed by atoms with Crippen LogP contribution in [0.2, 0.25) is 0 Å². The van der Waals surface area contributed by atoms with Crippen LogP contribution in [0.4, 0.5) is 0 Å². The highest BCUT2D eigenvalue weighted by atomic mass is 32.2. The summed E-state index contributed by atoms with van der Waals surface area (Å²) in [5.41, 5.74) is 0.875. The van der Waals surface area contributed by atoms with Crippen molar-refractivity contribution in [2.45, 2.75) is 56.4 Å². The predicted octanol–water partition coefficient (Wildman–Crippen LogP) is 3.14. The van der Waals surface area contributed by atoms with E-state index in [-0.39, 0.29) is 17.2 Å². The summed E-state index contributed by atoms with van der Waals surface area (Å²) in [4.78, 5) is 13.0. The summed E-state index contributed by atoms with van der Waals surface area (Å²) >= 11 is 1.51. The number of hydrogen-bond acceptors (Lipinski definition) is 3. The van der Waals surface area contributed by atoms with Gasteiger partial charge in [0.1, 0.15) is 0 Å². The van der Waals surface area contributed by atoms with E-state index in [0.29, 0.717) is 0 Å². The molecule has 0 fully saturated rings. The lowest BCUT2D eigenvalue weighted by atomic mass is 10.1. The standard InChI is InChI=1S/C15H23NO2S/c1-5-10(2)16-15(18)12(4)19-14-8-6-7-13(9-14)11(3)17/h6-12,17H,5H2,1-4H3,(H,16,18). The van der Waals surface area contributed by atoms with E-state index in [0.717, 1.165) is 16.9 Å². The van der Waals surface area contributed by atoms with Gasteiger partial charge < -0.3 is 10.4 Å². The fourth-order valence-electron chi connectivity index (χ4n) is 1.57. The van der Waals surface area contributed by atoms with E-state index in [9.17, 15) is 9.90 Å². The number of thioether (sulfide) groups is 1. The summed E-state index contributed by atoms with van der Waals surface area (Å²) in [5, 5.41) is 12.4. The highest BCUT2D eigenvalue weighted by Gasteiger charge is 2.16. The summed E-state index contributed by atoms with van der Waals surface area (Å²) in [6.07, 6.45) is 0.450. The minimum Gasteiger partial charge on any atom is -0.389 e. The fraction of sp³-hybridized carbons (Fsp3) is 0.533. The second kappa shape index (κ2) is 7.56. The molecule has 1 rings (SSSR count). The van der Waals surface area contributed by atoms with E-state index < -0.39 is 6.10 Å². The van der Waals surface area contributed by atoms with E-state index in [1.54, 1.807) is 6.92 Å². The maximum Gasteiger partial charge on any atom is 0.233 e. The molecule has 3 nitrogen and oxygen atoms in total. The molecule has 0 saturated heterocycles. The number of hydrogen-bond donors (Lipinski definition) is 2. The van der Waals surface area contributed by atoms with Gasteiger partial charge in [-0.3, -0.25) is 4.79 Å². The van der Waals surface area contributed by atoms with Gasteiger partial charge in [-0.25, -0.2) is 0 Å². The normalized spacial score (nSPS) is 15.6. The minimum absolute atomic E-state index is 0.0572. The average Bonchev–Trinajstić information content (AvgIpc) is 2.38. The Morgan fingerprint density at radius 1 is 1.37 bits per heavy atom. The van der Waals surface area contributed by atoms with Crippen molar-refractivity contribution in [1.29, 1.82) is 0 Å². The molecule has 0 aliphatic heterocycles. The largest absolute Gasteiger partial charge is 0.389 e. The maximum atomic E-state index is 12.0. The molecular weight excluding hydrogens is 258 g/mol. The van der Waals surface area contributed by atoms with E-state index in [1.807, 2.05) is 38.1 Å². The molecule has 0 aromatic heterocycles. The van der Waals surface area contributed by atoms with Gasteiger partial charge in [0.05, 0.1) is 11.4 Å². The topological polar surface area (TPSA) is 49.3 Å². The zero-order valence-corrected chi connectivity index (χ0v) is 12.8. The van der Waals surface area contributed by atoms with Gasteiger partial charge in [0.25, 0.3) is 0 Å². The van der Waals surface area contributed by atoms with Crippen LogP contribution < -0.4 is 5.32 Å². The zero-order chi connectivity index (χ0) is 14.4. The van der Waals surface area contributed by atoms with Crippen LogP contribution in [0.3, 0.4) is 0 Å². The molecule has 0 aliphatic carbocycles. The molecule has 106 valence electrons. The third-order valence-corrected chi connectivity index (χ3v) is 4.12. The number of carbonyl (C=O) groups excluding carboxylic acids is 1. The minimum atomic E-state index is -0.482. The Bertz CT molecular complexity index is 420. The van der Waals surface area contributed by atoms with Crippen LogP contribution >= 0.6 is 11.8 Å². The van der Waals surface area contributed by atoms with Crippen molar-refractivity contribution in [3.05, 3.63) is 29.8 Å². The summed E-state index contributed by atoms with van der Waals surface area (Å²) < 4.78 is 0. The van der Waals surface area contributed by atoms with Gasteiger partial charge >= 0.3 is 0 Å². The summed E-state index contributed by atoms with van der Waals surface area (Å²) in [5.74, 6) is 0.0572. The van der Waals surface area contributed by atoms with Crippen molar-refractivity contribution < 1.29 is 9.90 Å². The lowest BCUT2D eigenvalue weighted by Gasteiger charge is -2.16. The first kappa shape index (κ1) is 16.1. The Hall–Kier alpha value is -1.00. The first-order valence-electron chi connectivity index (χ1n) is 6.69. The highest BCUT2D eigenvalue weighted by molar-refractivity contribution is 8.00. The Morgan fingerprint density at radius 3 is 2.63 bits per heavy atom. The molecule has 1 aromatic carbocycles. The Morgan fingerprint density at radius 2 is 2.05 bits per heavy atom. The van der Waals surface area contributed by atoms with Crippen LogP contribution in [-0.2, 0) is 4.79 Å². The summed E-state index contributed by atoms with van der Waals surface area (Å²) in [6.45, 7) is 7.69. The number of aliphatic hydroxyl groups is 1. The van der Waals surface area contributed by atoms with Crippen LogP contribution in [-0.4, -0.2) is 22.3 Å². The van der Waals surface area contributed by atoms with Crippen molar-refractivity contribution in [2.75, 3.05) is 0 Å². The molecule has 0 bridgehead atoms. The number of rotatable bonds is 6.